The molecular weight excluding hydrogens is 887 g/mol. The molecule has 0 atom stereocenters. The van der Waals surface area contributed by atoms with Crippen molar-refractivity contribution < 1.29 is 18.3 Å². The number of pyridine rings is 1. The highest BCUT2D eigenvalue weighted by atomic mass is 15.2. The lowest BCUT2D eigenvalue weighted by molar-refractivity contribution is -0.571. The molecule has 0 bridgehead atoms. The van der Waals surface area contributed by atoms with Gasteiger partial charge in [0.2, 0.25) is 0 Å². The molecule has 0 spiro atoms. The van der Waals surface area contributed by atoms with E-state index in [4.69, 9.17) is 18.7 Å². The van der Waals surface area contributed by atoms with Crippen LogP contribution < -0.4 is 9.47 Å². The molecule has 0 radical (unpaired) electrons. The molecule has 0 amide bonds. The molecule has 354 valence electrons. The maximum atomic E-state index is 9.15. The fourth-order valence-corrected chi connectivity index (χ4v) is 9.90. The second-order valence-corrected chi connectivity index (χ2v) is 20.4. The Balaban J connectivity index is 1.05. The first kappa shape index (κ1) is 35.3. The average Bonchev–Trinajstić information content (AvgIpc) is 2.46. The first-order valence-corrected chi connectivity index (χ1v) is 24.5. The van der Waals surface area contributed by atoms with Gasteiger partial charge in [-0.05, 0) is 116 Å². The zero-order valence-electron chi connectivity index (χ0n) is 51.5. The Kier molecular flexibility index (Phi) is 8.76. The summed E-state index contributed by atoms with van der Waals surface area (Å²) >= 11 is 0. The van der Waals surface area contributed by atoms with Gasteiger partial charge < -0.3 is 4.90 Å². The minimum atomic E-state index is -0.565. The molecular formula is C68H57N5. The summed E-state index contributed by atoms with van der Waals surface area (Å²) in [6.45, 7) is 13.5. The Morgan fingerprint density at radius 3 is 1.75 bits per heavy atom. The Bertz CT molecular complexity index is 4430. The van der Waals surface area contributed by atoms with Crippen LogP contribution in [0.5, 0.6) is 0 Å². The van der Waals surface area contributed by atoms with E-state index in [1.54, 1.807) is 22.8 Å². The first-order valence-electron chi connectivity index (χ1n) is 29.5. The number of hydrogen-bond donors (Lipinski definition) is 0. The molecule has 0 unspecified atom stereocenters. The van der Waals surface area contributed by atoms with Crippen LogP contribution in [0.4, 0.5) is 17.1 Å². The van der Waals surface area contributed by atoms with Gasteiger partial charge in [0, 0.05) is 34.0 Å². The lowest BCUT2D eigenvalue weighted by Crippen LogP contribution is -2.31. The van der Waals surface area contributed by atoms with Crippen LogP contribution in [0.25, 0.3) is 83.4 Å². The molecule has 9 aromatic carbocycles. The lowest BCUT2D eigenvalue weighted by Gasteiger charge is -2.26. The van der Waals surface area contributed by atoms with Crippen LogP contribution in [0, 0.1) is 6.33 Å². The highest BCUT2D eigenvalue weighted by Crippen LogP contribution is 2.42. The van der Waals surface area contributed by atoms with Gasteiger partial charge in [-0.15, -0.1) is 0 Å². The maximum absolute atomic E-state index is 9.15. The summed E-state index contributed by atoms with van der Waals surface area (Å²) in [7, 11) is 0. The van der Waals surface area contributed by atoms with Crippen molar-refractivity contribution in [2.24, 2.45) is 0 Å². The minimum absolute atomic E-state index is 0.0635. The van der Waals surface area contributed by atoms with E-state index in [0.29, 0.717) is 16.7 Å². The van der Waals surface area contributed by atoms with E-state index in [9.17, 15) is 0 Å². The zero-order chi connectivity index (χ0) is 58.6. The zero-order valence-corrected chi connectivity index (χ0v) is 41.5. The van der Waals surface area contributed by atoms with Crippen LogP contribution in [0.1, 0.15) is 66.4 Å². The van der Waals surface area contributed by atoms with Crippen molar-refractivity contribution in [1.82, 2.24) is 14.1 Å². The molecule has 73 heavy (non-hydrogen) atoms. The fourth-order valence-electron chi connectivity index (χ4n) is 9.90. The molecule has 0 saturated heterocycles. The largest absolute Gasteiger partial charge is 0.311 e. The number of para-hydroxylation sites is 5. The van der Waals surface area contributed by atoms with E-state index in [1.165, 1.54) is 11.1 Å². The maximum Gasteiger partial charge on any atom is 0.269 e. The van der Waals surface area contributed by atoms with Gasteiger partial charge in [-0.3, -0.25) is 13.7 Å². The van der Waals surface area contributed by atoms with Crippen molar-refractivity contribution in [1.29, 1.82) is 0 Å². The third-order valence-electron chi connectivity index (χ3n) is 13.6. The Morgan fingerprint density at radius 2 is 1.07 bits per heavy atom. The summed E-state index contributed by atoms with van der Waals surface area (Å²) in [6, 6.07) is 51.5. The number of imidazole rings is 1. The predicted octanol–water partition coefficient (Wildman–Crippen LogP) is 17.3. The minimum Gasteiger partial charge on any atom is -0.311 e. The summed E-state index contributed by atoms with van der Waals surface area (Å²) in [5, 5.41) is 2.15. The molecule has 12 rings (SSSR count). The summed E-state index contributed by atoms with van der Waals surface area (Å²) in [5.41, 5.74) is 11.4. The molecule has 0 N–H and O–H groups in total. The van der Waals surface area contributed by atoms with Crippen LogP contribution in [-0.2, 0) is 10.8 Å². The second kappa shape index (κ2) is 18.1. The van der Waals surface area contributed by atoms with E-state index in [2.05, 4.69) is 148 Å². The summed E-state index contributed by atoms with van der Waals surface area (Å²) in [5.74, 6) is 0.781. The molecule has 0 aliphatic heterocycles. The van der Waals surface area contributed by atoms with Crippen LogP contribution in [0.15, 0.2) is 236 Å². The van der Waals surface area contributed by atoms with Gasteiger partial charge in [0.05, 0.1) is 47.1 Å². The highest BCUT2D eigenvalue weighted by Gasteiger charge is 2.24. The van der Waals surface area contributed by atoms with Crippen LogP contribution in [0.2, 0.25) is 0 Å². The SMILES string of the molecule is [2H]c1c([2H])c([2H])c(-c2cccc(-c3c([2H])c([2H])c([2H])c([2H])c3[2H])c2-[n+]2[c-]n(-c3cccc(N(c4ccccc4)c4ccc5c6ccccc6n(-c6cc(-c7cc(C(C)(C)C)cc(C(C)(C)C)c7)ccn6)c5c4)c3)c3ccccc32)c([2H])c1[2H]. The van der Waals surface area contributed by atoms with Crippen molar-refractivity contribution in [2.75, 3.05) is 4.90 Å². The van der Waals surface area contributed by atoms with Crippen LogP contribution in [0.3, 0.4) is 0 Å². The van der Waals surface area contributed by atoms with E-state index >= 15 is 0 Å². The molecule has 0 aliphatic carbocycles. The number of fused-ring (bicyclic) bond motifs is 4. The van der Waals surface area contributed by atoms with Crippen molar-refractivity contribution in [3.63, 3.8) is 0 Å². The van der Waals surface area contributed by atoms with Crippen molar-refractivity contribution in [3.05, 3.63) is 254 Å². The third kappa shape index (κ3) is 8.37. The lowest BCUT2D eigenvalue weighted by atomic mass is 9.79. The summed E-state index contributed by atoms with van der Waals surface area (Å²) in [6.07, 6.45) is 5.44. The van der Waals surface area contributed by atoms with E-state index < -0.39 is 60.4 Å². The van der Waals surface area contributed by atoms with Gasteiger partial charge in [0.15, 0.2) is 0 Å². The molecule has 0 fully saturated rings. The van der Waals surface area contributed by atoms with Gasteiger partial charge in [0.25, 0.3) is 6.33 Å². The molecule has 0 aliphatic rings. The normalized spacial score (nSPS) is 13.9. The number of benzene rings is 9. The molecule has 3 heterocycles. The quantitative estimate of drug-likeness (QED) is 0.107. The van der Waals surface area contributed by atoms with Crippen molar-refractivity contribution in [2.45, 2.75) is 52.4 Å². The van der Waals surface area contributed by atoms with E-state index in [-0.39, 0.29) is 38.8 Å². The highest BCUT2D eigenvalue weighted by molar-refractivity contribution is 6.10. The van der Waals surface area contributed by atoms with Gasteiger partial charge >= 0.3 is 0 Å². The van der Waals surface area contributed by atoms with Crippen LogP contribution >= 0.6 is 0 Å². The number of rotatable bonds is 9. The number of anilines is 3. The molecule has 5 nitrogen and oxygen atoms in total. The van der Waals surface area contributed by atoms with Gasteiger partial charge in [-0.25, -0.2) is 4.98 Å². The summed E-state index contributed by atoms with van der Waals surface area (Å²) in [4.78, 5) is 7.27. The molecule has 5 heteroatoms. The second-order valence-electron chi connectivity index (χ2n) is 20.4. The third-order valence-corrected chi connectivity index (χ3v) is 13.6. The molecule has 0 saturated carbocycles. The smallest absolute Gasteiger partial charge is 0.269 e. The van der Waals surface area contributed by atoms with Crippen LogP contribution in [-0.4, -0.2) is 14.1 Å². The fraction of sp³-hybridized carbons (Fsp3) is 0.118. The van der Waals surface area contributed by atoms with E-state index in [1.807, 2.05) is 71.4 Å². The number of aromatic nitrogens is 4. The Labute approximate surface area is 442 Å². The van der Waals surface area contributed by atoms with Crippen molar-refractivity contribution >= 4 is 49.9 Å². The molecule has 3 aromatic heterocycles. The van der Waals surface area contributed by atoms with Crippen molar-refractivity contribution in [3.8, 4) is 50.6 Å². The predicted molar refractivity (Wildman–Crippen MR) is 304 cm³/mol. The van der Waals surface area contributed by atoms with Gasteiger partial charge in [0.1, 0.15) is 5.82 Å². The Hall–Kier alpha value is -8.80. The van der Waals surface area contributed by atoms with Gasteiger partial charge in [-0.2, -0.15) is 0 Å². The Morgan fingerprint density at radius 1 is 0.479 bits per heavy atom. The average molecular weight is 954 g/mol. The number of hydrogen-bond acceptors (Lipinski definition) is 2. The molecule has 12 aromatic rings. The van der Waals surface area contributed by atoms with Gasteiger partial charge in [-0.1, -0.05) is 211 Å². The number of nitrogens with zero attached hydrogens (tertiary/aromatic N) is 5. The monoisotopic (exact) mass is 954 g/mol. The summed E-state index contributed by atoms with van der Waals surface area (Å²) < 4.78 is 94.0. The first-order chi connectivity index (χ1) is 39.6. The van der Waals surface area contributed by atoms with E-state index in [0.717, 1.165) is 55.8 Å². The topological polar surface area (TPSA) is 29.9 Å². The standard InChI is InChI=1S/C68H57N5/c1-67(2,3)51-40-50(41-52(43-51)68(4,5)6)49-38-39-69-65(42-49)73-61-33-17-16-30-59(61)60-37-36-56(45-64(60)73)72(53-26-14-9-15-27-53)55-29-20-28-54(44-55)70-46-71(63-35-19-18-34-62(63)70)66-57(47-22-10-7-11-23-47)31-21-32-58(66)48-24-12-8-13-25-48/h7-45H,1-6H3/i7D,8D,10D,11D,12D,13D,22D,23D,24D,25D.